The highest BCUT2D eigenvalue weighted by Crippen LogP contribution is 2.21. The first kappa shape index (κ1) is 16.0. The van der Waals surface area contributed by atoms with Crippen LogP contribution in [0.4, 0.5) is 5.82 Å². The lowest BCUT2D eigenvalue weighted by atomic mass is 9.97. The van der Waals surface area contributed by atoms with E-state index in [2.05, 4.69) is 20.7 Å². The molecule has 7 heteroatoms. The zero-order chi connectivity index (χ0) is 16.9. The second-order valence-corrected chi connectivity index (χ2v) is 5.81. The summed E-state index contributed by atoms with van der Waals surface area (Å²) in [5.41, 5.74) is 5.37. The molecule has 1 aliphatic rings. The van der Waals surface area contributed by atoms with E-state index < -0.39 is 0 Å². The first-order valence-electron chi connectivity index (χ1n) is 7.95. The molecule has 1 aliphatic heterocycles. The van der Waals surface area contributed by atoms with Gasteiger partial charge in [0.25, 0.3) is 5.91 Å². The van der Waals surface area contributed by atoms with Gasteiger partial charge in [0.2, 0.25) is 5.91 Å². The lowest BCUT2D eigenvalue weighted by molar-refractivity contribution is -0.126. The largest absolute Gasteiger partial charge is 0.469 e. The molecule has 126 valence electrons. The molecule has 1 saturated heterocycles. The van der Waals surface area contributed by atoms with Crippen molar-refractivity contribution in [1.29, 1.82) is 0 Å². The molecule has 2 aromatic rings. The number of amides is 2. The van der Waals surface area contributed by atoms with Crippen LogP contribution in [0.15, 0.2) is 41.1 Å². The van der Waals surface area contributed by atoms with Gasteiger partial charge in [-0.2, -0.15) is 0 Å². The van der Waals surface area contributed by atoms with Crippen LogP contribution in [0.1, 0.15) is 29.0 Å². The van der Waals surface area contributed by atoms with E-state index >= 15 is 0 Å². The number of hydrogen-bond donors (Lipinski definition) is 2. The van der Waals surface area contributed by atoms with Gasteiger partial charge in [0.15, 0.2) is 0 Å². The fourth-order valence-corrected chi connectivity index (χ4v) is 2.85. The topological polar surface area (TPSA) is 87.5 Å². The van der Waals surface area contributed by atoms with Gasteiger partial charge in [-0.1, -0.05) is 6.07 Å². The van der Waals surface area contributed by atoms with Gasteiger partial charge in [0, 0.05) is 19.3 Å². The zero-order valence-electron chi connectivity index (χ0n) is 13.5. The summed E-state index contributed by atoms with van der Waals surface area (Å²) in [6, 6.07) is 7.30. The van der Waals surface area contributed by atoms with Crippen molar-refractivity contribution in [1.82, 2.24) is 15.8 Å². The predicted molar refractivity (Wildman–Crippen MR) is 88.2 cm³/mol. The third-order valence-electron chi connectivity index (χ3n) is 4.17. The van der Waals surface area contributed by atoms with Crippen LogP contribution >= 0.6 is 0 Å². The van der Waals surface area contributed by atoms with Crippen LogP contribution in [0, 0.1) is 12.8 Å². The van der Waals surface area contributed by atoms with Gasteiger partial charge in [-0.3, -0.25) is 20.4 Å². The van der Waals surface area contributed by atoms with Gasteiger partial charge in [-0.05, 0) is 38.0 Å². The number of anilines is 1. The Hall–Kier alpha value is -2.83. The summed E-state index contributed by atoms with van der Waals surface area (Å²) in [6.07, 6.45) is 4.88. The van der Waals surface area contributed by atoms with Crippen LogP contribution in [0.3, 0.4) is 0 Å². The number of carbonyl (C=O) groups is 2. The SMILES string of the molecule is Cc1occc1C(=O)NNC(=O)C1CCCN(c2ccccn2)C1. The maximum Gasteiger partial charge on any atom is 0.273 e. The van der Waals surface area contributed by atoms with Crippen molar-refractivity contribution in [3.63, 3.8) is 0 Å². The van der Waals surface area contributed by atoms with E-state index in [4.69, 9.17) is 4.42 Å². The van der Waals surface area contributed by atoms with Crippen LogP contribution in [0.25, 0.3) is 0 Å². The monoisotopic (exact) mass is 328 g/mol. The first-order valence-corrected chi connectivity index (χ1v) is 7.95. The Labute approximate surface area is 140 Å². The maximum atomic E-state index is 12.3. The van der Waals surface area contributed by atoms with E-state index in [0.717, 1.165) is 25.2 Å². The number of nitrogens with zero attached hydrogens (tertiary/aromatic N) is 2. The highest BCUT2D eigenvalue weighted by atomic mass is 16.3. The number of hydrazine groups is 1. The molecule has 24 heavy (non-hydrogen) atoms. The fraction of sp³-hybridized carbons (Fsp3) is 0.353. The Balaban J connectivity index is 1.55. The van der Waals surface area contributed by atoms with Gasteiger partial charge < -0.3 is 9.32 Å². The number of piperidine rings is 1. The minimum Gasteiger partial charge on any atom is -0.469 e. The van der Waals surface area contributed by atoms with Gasteiger partial charge in [0.05, 0.1) is 17.7 Å². The number of pyridine rings is 1. The van der Waals surface area contributed by atoms with Crippen molar-refractivity contribution < 1.29 is 14.0 Å². The zero-order valence-corrected chi connectivity index (χ0v) is 13.5. The molecule has 3 rings (SSSR count). The van der Waals surface area contributed by atoms with Crippen molar-refractivity contribution in [2.24, 2.45) is 5.92 Å². The van der Waals surface area contributed by atoms with Crippen LogP contribution in [0.2, 0.25) is 0 Å². The number of carbonyl (C=O) groups excluding carboxylic acids is 2. The summed E-state index contributed by atoms with van der Waals surface area (Å²) in [5, 5.41) is 0. The van der Waals surface area contributed by atoms with Crippen molar-refractivity contribution >= 4 is 17.6 Å². The molecule has 0 aromatic carbocycles. The molecule has 0 radical (unpaired) electrons. The van der Waals surface area contributed by atoms with Crippen molar-refractivity contribution in [2.75, 3.05) is 18.0 Å². The molecule has 0 aliphatic carbocycles. The second-order valence-electron chi connectivity index (χ2n) is 5.81. The molecule has 2 N–H and O–H groups in total. The smallest absolute Gasteiger partial charge is 0.273 e. The molecule has 0 bridgehead atoms. The molecule has 2 aromatic heterocycles. The van der Waals surface area contributed by atoms with E-state index in [9.17, 15) is 9.59 Å². The van der Waals surface area contributed by atoms with E-state index in [1.54, 1.807) is 19.2 Å². The summed E-state index contributed by atoms with van der Waals surface area (Å²) in [4.78, 5) is 30.8. The fourth-order valence-electron chi connectivity index (χ4n) is 2.85. The van der Waals surface area contributed by atoms with E-state index in [0.29, 0.717) is 17.9 Å². The second kappa shape index (κ2) is 7.16. The lowest BCUT2D eigenvalue weighted by Crippen LogP contribution is -2.49. The minimum absolute atomic E-state index is 0.188. The van der Waals surface area contributed by atoms with Crippen LogP contribution in [-0.2, 0) is 4.79 Å². The molecule has 0 saturated carbocycles. The van der Waals surface area contributed by atoms with Gasteiger partial charge in [0.1, 0.15) is 11.6 Å². The summed E-state index contributed by atoms with van der Waals surface area (Å²) in [5.74, 6) is 0.623. The average Bonchev–Trinajstić information content (AvgIpc) is 3.06. The summed E-state index contributed by atoms with van der Waals surface area (Å²) in [6.45, 7) is 3.16. The van der Waals surface area contributed by atoms with E-state index in [1.807, 2.05) is 18.2 Å². The van der Waals surface area contributed by atoms with Crippen LogP contribution in [-0.4, -0.2) is 29.9 Å². The quantitative estimate of drug-likeness (QED) is 0.837. The minimum atomic E-state index is -0.382. The molecule has 7 nitrogen and oxygen atoms in total. The molecule has 1 unspecified atom stereocenters. The lowest BCUT2D eigenvalue weighted by Gasteiger charge is -2.32. The molecular weight excluding hydrogens is 308 g/mol. The first-order chi connectivity index (χ1) is 11.6. The summed E-state index contributed by atoms with van der Waals surface area (Å²) >= 11 is 0. The van der Waals surface area contributed by atoms with Gasteiger partial charge in [-0.15, -0.1) is 0 Å². The van der Waals surface area contributed by atoms with E-state index in [1.165, 1.54) is 6.26 Å². The maximum absolute atomic E-state index is 12.3. The predicted octanol–water partition coefficient (Wildman–Crippen LogP) is 1.66. The number of aromatic nitrogens is 1. The Morgan fingerprint density at radius 3 is 2.88 bits per heavy atom. The summed E-state index contributed by atoms with van der Waals surface area (Å²) in [7, 11) is 0. The van der Waals surface area contributed by atoms with Crippen LogP contribution < -0.4 is 15.8 Å². The molecule has 1 fully saturated rings. The Bertz CT molecular complexity index is 714. The van der Waals surface area contributed by atoms with Gasteiger partial charge in [-0.25, -0.2) is 4.98 Å². The Morgan fingerprint density at radius 1 is 1.29 bits per heavy atom. The number of rotatable bonds is 3. The van der Waals surface area contributed by atoms with Gasteiger partial charge >= 0.3 is 0 Å². The molecular formula is C17H20N4O3. The highest BCUT2D eigenvalue weighted by molar-refractivity contribution is 5.96. The number of furan rings is 1. The average molecular weight is 328 g/mol. The normalized spacial score (nSPS) is 17.4. The summed E-state index contributed by atoms with van der Waals surface area (Å²) < 4.78 is 5.08. The number of aryl methyl sites for hydroxylation is 1. The van der Waals surface area contributed by atoms with Crippen molar-refractivity contribution in [2.45, 2.75) is 19.8 Å². The third-order valence-corrected chi connectivity index (χ3v) is 4.17. The highest BCUT2D eigenvalue weighted by Gasteiger charge is 2.27. The number of hydrogen-bond acceptors (Lipinski definition) is 5. The molecule has 0 spiro atoms. The van der Waals surface area contributed by atoms with Crippen LogP contribution in [0.5, 0.6) is 0 Å². The van der Waals surface area contributed by atoms with E-state index in [-0.39, 0.29) is 17.7 Å². The molecule has 3 heterocycles. The Morgan fingerprint density at radius 2 is 2.17 bits per heavy atom. The van der Waals surface area contributed by atoms with Crippen molar-refractivity contribution in [3.8, 4) is 0 Å². The molecule has 1 atom stereocenters. The van der Waals surface area contributed by atoms with Crippen molar-refractivity contribution in [3.05, 3.63) is 48.0 Å². The number of nitrogens with one attached hydrogen (secondary N) is 2. The third kappa shape index (κ3) is 3.56. The molecule has 2 amide bonds. The standard InChI is InChI=1S/C17H20N4O3/c1-12-14(7-10-24-12)17(23)20-19-16(22)13-5-4-9-21(11-13)15-6-2-3-8-18-15/h2-3,6-8,10,13H,4-5,9,11H2,1H3,(H,19,22)(H,20,23). The Kier molecular flexibility index (Phi) is 4.79.